The van der Waals surface area contributed by atoms with Crippen LogP contribution in [0.2, 0.25) is 0 Å². The van der Waals surface area contributed by atoms with Crippen molar-refractivity contribution in [2.45, 2.75) is 231 Å². The Morgan fingerprint density at radius 2 is 0.694 bits per heavy atom. The molecule has 6 amide bonds. The van der Waals surface area contributed by atoms with Crippen LogP contribution < -0.4 is 32.3 Å². The van der Waals surface area contributed by atoms with E-state index >= 15 is 0 Å². The van der Waals surface area contributed by atoms with Gasteiger partial charge in [-0.05, 0) is 38.5 Å². The largest absolute Gasteiger partial charge is 0.394 e. The molecule has 39 nitrogen and oxygen atoms in total. The second-order valence-electron chi connectivity index (χ2n) is 24.8. The molecule has 5 fully saturated rings. The van der Waals surface area contributed by atoms with Crippen molar-refractivity contribution in [2.75, 3.05) is 98.6 Å². The second-order valence-corrected chi connectivity index (χ2v) is 24.8. The van der Waals surface area contributed by atoms with Gasteiger partial charge < -0.3 is 161 Å². The molecule has 0 radical (unpaired) electrons. The molecule has 0 unspecified atom stereocenters. The molecule has 5 aliphatic rings. The highest BCUT2D eigenvalue weighted by Gasteiger charge is 2.53. The molecule has 568 valence electrons. The summed E-state index contributed by atoms with van der Waals surface area (Å²) in [6, 6.07) is 0. The third-order valence-corrected chi connectivity index (χ3v) is 17.1. The summed E-state index contributed by atoms with van der Waals surface area (Å²) < 4.78 is 55.7. The molecule has 0 aromatic rings. The molecule has 0 saturated carbocycles. The van der Waals surface area contributed by atoms with E-state index in [1.165, 1.54) is 4.90 Å². The number of nitrogens with one attached hydrogen (secondary N) is 5. The summed E-state index contributed by atoms with van der Waals surface area (Å²) in [5, 5.41) is 179. The lowest BCUT2D eigenvalue weighted by molar-refractivity contribution is -0.366. The Hall–Kier alpha value is -4.26. The SMILES string of the molecule is C[C@@H]1[C@H](O)[C@@H](OCCNC(=O)CCCCCNC(=O)CN(CC(=O)NCCCCCC(N)=O)CC(=O)NCCCCCC(=O)NCCO[C@H]2O[C@H](CO[C@H]3O[C@H](CO)[C@@H](O)[C@H](O)[C@@H]3O)[C@@H](O)[C@H](O[C@H]3O[C@H](CO)[C@@H](O)[C@H](O)[C@@H]3O)[C@@H]2O)O[C@H](CO[C@H]2O[C@H](CO)[C@@H](O)[C@H](O)[C@@H]2O)[C@H]1O. The molecular formula is C59H105N7O32. The monoisotopic (exact) mass is 1420 g/mol. The lowest BCUT2D eigenvalue weighted by Crippen LogP contribution is -2.65. The van der Waals surface area contributed by atoms with E-state index < -0.39 is 216 Å². The highest BCUT2D eigenvalue weighted by Crippen LogP contribution is 2.32. The normalized spacial score (nSPS) is 35.1. The summed E-state index contributed by atoms with van der Waals surface area (Å²) in [4.78, 5) is 77.0. The van der Waals surface area contributed by atoms with Crippen LogP contribution in [0, 0.1) is 5.92 Å². The molecule has 0 bridgehead atoms. The van der Waals surface area contributed by atoms with E-state index in [0.717, 1.165) is 0 Å². The van der Waals surface area contributed by atoms with Crippen molar-refractivity contribution in [1.29, 1.82) is 0 Å². The fourth-order valence-corrected chi connectivity index (χ4v) is 11.2. The maximum absolute atomic E-state index is 13.1. The molecule has 5 aliphatic heterocycles. The van der Waals surface area contributed by atoms with Crippen molar-refractivity contribution in [3.05, 3.63) is 0 Å². The van der Waals surface area contributed by atoms with Crippen molar-refractivity contribution < 1.29 is 158 Å². The van der Waals surface area contributed by atoms with Crippen molar-refractivity contribution >= 4 is 35.4 Å². The topological polar surface area (TPSA) is 608 Å². The summed E-state index contributed by atoms with van der Waals surface area (Å²) in [5.74, 6) is -3.30. The highest BCUT2D eigenvalue weighted by atomic mass is 16.8. The molecule has 5 heterocycles. The predicted octanol–water partition coefficient (Wildman–Crippen LogP) is -11.6. The van der Waals surface area contributed by atoms with Gasteiger partial charge in [0.05, 0.1) is 72.0 Å². The number of amides is 6. The van der Waals surface area contributed by atoms with E-state index in [4.69, 9.17) is 53.1 Å². The van der Waals surface area contributed by atoms with Crippen molar-refractivity contribution in [3.63, 3.8) is 0 Å². The number of primary amides is 1. The third-order valence-electron chi connectivity index (χ3n) is 17.1. The molecule has 0 aromatic heterocycles. The Morgan fingerprint density at radius 3 is 1.09 bits per heavy atom. The standard InChI is InChI=1S/C59H105N7O32/c1-29-41(76)33(27-91-56-50(85)47(82)43(78)30(24-67)93-56)96-55(42(29)77)89-19-17-64-36(71)12-6-3-9-15-62-39(74)22-66(21-38(73)61-14-8-2-5-11-35(60)70)23-40(75)63-16-10-4-7-13-37(72)65-18-20-90-58-53(88)54(98-59-52(87)49(84)45(80)32(26-69)95-59)46(81)34(97-58)28-92-57-51(86)48(83)44(79)31(25-68)94-57/h29-34,41-59,67-69,76-88H,2-28H2,1H3,(H2,60,70)(H,61,73)(H,62,74)(H,63,75)(H,64,71)(H,65,72)/t29-,30+,31+,32+,33+,34+,41-,42-,43+,44+,45+,46+,47-,48-,49-,50-,51-,52-,53-,54-,55-,56-,57-,58-,59+/m0/s1. The number of hydrogen-bond donors (Lipinski definition) is 22. The van der Waals surface area contributed by atoms with Crippen LogP contribution in [0.3, 0.4) is 0 Å². The Labute approximate surface area is 565 Å². The van der Waals surface area contributed by atoms with Gasteiger partial charge in [0.1, 0.15) is 110 Å². The van der Waals surface area contributed by atoms with Gasteiger partial charge >= 0.3 is 0 Å². The van der Waals surface area contributed by atoms with Crippen LogP contribution in [0.1, 0.15) is 84.0 Å². The number of rotatable bonds is 43. The molecule has 5 rings (SSSR count). The van der Waals surface area contributed by atoms with Gasteiger partial charge in [0, 0.05) is 57.9 Å². The summed E-state index contributed by atoms with van der Waals surface area (Å²) in [6.07, 6.45) is -33.6. The molecule has 0 spiro atoms. The summed E-state index contributed by atoms with van der Waals surface area (Å²) in [6.45, 7) is -2.54. The summed E-state index contributed by atoms with van der Waals surface area (Å²) >= 11 is 0. The number of carbonyl (C=O) groups is 6. The van der Waals surface area contributed by atoms with Crippen LogP contribution in [-0.2, 0) is 76.1 Å². The van der Waals surface area contributed by atoms with E-state index in [1.807, 2.05) is 0 Å². The van der Waals surface area contributed by atoms with Gasteiger partial charge in [-0.1, -0.05) is 26.2 Å². The van der Waals surface area contributed by atoms with E-state index in [9.17, 15) is 110 Å². The maximum atomic E-state index is 13.1. The van der Waals surface area contributed by atoms with E-state index in [1.54, 1.807) is 6.92 Å². The fraction of sp³-hybridized carbons (Fsp3) is 0.898. The minimum Gasteiger partial charge on any atom is -0.394 e. The number of nitrogens with zero attached hydrogens (tertiary/aromatic N) is 1. The maximum Gasteiger partial charge on any atom is 0.234 e. The van der Waals surface area contributed by atoms with Gasteiger partial charge in [-0.2, -0.15) is 0 Å². The second kappa shape index (κ2) is 43.6. The third kappa shape index (κ3) is 26.5. The first kappa shape index (κ1) is 84.4. The van der Waals surface area contributed by atoms with Crippen LogP contribution in [0.4, 0.5) is 0 Å². The van der Waals surface area contributed by atoms with Crippen LogP contribution >= 0.6 is 0 Å². The fourth-order valence-electron chi connectivity index (χ4n) is 11.2. The average Bonchev–Trinajstić information content (AvgIpc) is 0.795. The molecule has 98 heavy (non-hydrogen) atoms. The lowest BCUT2D eigenvalue weighted by Gasteiger charge is -2.46. The number of unbranched alkanes of at least 4 members (excludes halogenated alkanes) is 6. The molecule has 23 N–H and O–H groups in total. The van der Waals surface area contributed by atoms with Gasteiger partial charge in [-0.3, -0.25) is 33.7 Å². The highest BCUT2D eigenvalue weighted by molar-refractivity contribution is 5.84. The van der Waals surface area contributed by atoms with Crippen molar-refractivity contribution in [2.24, 2.45) is 11.7 Å². The molecule has 0 aromatic carbocycles. The van der Waals surface area contributed by atoms with Crippen LogP contribution in [0.25, 0.3) is 0 Å². The zero-order chi connectivity index (χ0) is 72.2. The number of ether oxygens (including phenoxy) is 10. The first-order chi connectivity index (χ1) is 46.7. The first-order valence-electron chi connectivity index (χ1n) is 33.1. The van der Waals surface area contributed by atoms with Crippen LogP contribution in [0.5, 0.6) is 0 Å². The summed E-state index contributed by atoms with van der Waals surface area (Å²) in [5.41, 5.74) is 5.20. The molecule has 0 aliphatic carbocycles. The minimum atomic E-state index is -1.95. The molecular weight excluding hydrogens is 1320 g/mol. The quantitative estimate of drug-likeness (QED) is 0.0252. The van der Waals surface area contributed by atoms with Crippen molar-refractivity contribution in [1.82, 2.24) is 31.5 Å². The minimum absolute atomic E-state index is 0.0370. The number of aliphatic hydroxyl groups is 16. The van der Waals surface area contributed by atoms with Gasteiger partial charge in [0.2, 0.25) is 35.4 Å². The molecule has 25 atom stereocenters. The van der Waals surface area contributed by atoms with Crippen LogP contribution in [0.15, 0.2) is 0 Å². The van der Waals surface area contributed by atoms with E-state index in [0.29, 0.717) is 57.8 Å². The Bertz CT molecular complexity index is 2360. The van der Waals surface area contributed by atoms with Gasteiger partial charge in [0.25, 0.3) is 0 Å². The average molecular weight is 1420 g/mol. The zero-order valence-electron chi connectivity index (χ0n) is 54.7. The number of nitrogens with two attached hydrogens (primary N) is 1. The van der Waals surface area contributed by atoms with Crippen molar-refractivity contribution in [3.8, 4) is 0 Å². The van der Waals surface area contributed by atoms with E-state index in [2.05, 4.69) is 26.6 Å². The van der Waals surface area contributed by atoms with Gasteiger partial charge in [0.15, 0.2) is 31.5 Å². The smallest absolute Gasteiger partial charge is 0.234 e. The Kier molecular flexibility index (Phi) is 37.6. The summed E-state index contributed by atoms with van der Waals surface area (Å²) in [7, 11) is 0. The van der Waals surface area contributed by atoms with Gasteiger partial charge in [-0.25, -0.2) is 0 Å². The Balaban J connectivity index is 0.983. The van der Waals surface area contributed by atoms with E-state index in [-0.39, 0.29) is 90.7 Å². The number of carbonyl (C=O) groups excluding carboxylic acids is 6. The molecule has 39 heteroatoms. The Morgan fingerprint density at radius 1 is 0.357 bits per heavy atom. The lowest BCUT2D eigenvalue weighted by atomic mass is 9.91. The first-order valence-corrected chi connectivity index (χ1v) is 33.1. The molecule has 5 saturated heterocycles. The number of hydrogen-bond acceptors (Lipinski definition) is 33. The van der Waals surface area contributed by atoms with Crippen LogP contribution in [-0.4, -0.2) is 368 Å². The van der Waals surface area contributed by atoms with Gasteiger partial charge in [-0.15, -0.1) is 0 Å². The zero-order valence-corrected chi connectivity index (χ0v) is 54.7. The number of aliphatic hydroxyl groups excluding tert-OH is 16. The predicted molar refractivity (Wildman–Crippen MR) is 327 cm³/mol.